The normalized spacial score (nSPS) is 20.0. The van der Waals surface area contributed by atoms with Crippen LogP contribution in [0.25, 0.3) is 0 Å². The van der Waals surface area contributed by atoms with Crippen molar-refractivity contribution < 1.29 is 61.1 Å². The summed E-state index contributed by atoms with van der Waals surface area (Å²) in [7, 11) is -3.76. The van der Waals surface area contributed by atoms with E-state index in [9.17, 15) is 47.1 Å². The van der Waals surface area contributed by atoms with Gasteiger partial charge in [0.05, 0.1) is 18.3 Å². The molecular weight excluding hydrogens is 763 g/mol. The summed E-state index contributed by atoms with van der Waals surface area (Å²) < 4.78 is 56.7. The molecule has 1 fully saturated rings. The number of benzene rings is 2. The molecule has 4 heterocycles. The molecule has 17 nitrogen and oxygen atoms in total. The summed E-state index contributed by atoms with van der Waals surface area (Å²) in [6, 6.07) is 5.58. The second kappa shape index (κ2) is 15.5. The minimum atomic E-state index is -5.03. The molecule has 3 N–H and O–H groups in total. The minimum Gasteiger partial charge on any atom is -0.451 e. The summed E-state index contributed by atoms with van der Waals surface area (Å²) in [4.78, 5) is 94.3. The summed E-state index contributed by atoms with van der Waals surface area (Å²) in [6.45, 7) is 3.31. The van der Waals surface area contributed by atoms with Crippen LogP contribution in [0, 0.1) is 11.6 Å². The number of halogens is 2. The topological polar surface area (TPSA) is 216 Å². The lowest BCUT2D eigenvalue weighted by molar-refractivity contribution is -0.0657. The van der Waals surface area contributed by atoms with E-state index < -0.39 is 79.1 Å². The van der Waals surface area contributed by atoms with Gasteiger partial charge in [0.1, 0.15) is 22.9 Å². The molecule has 56 heavy (non-hydrogen) atoms. The molecule has 2 bridgehead atoms. The van der Waals surface area contributed by atoms with E-state index >= 15 is 0 Å². The van der Waals surface area contributed by atoms with Crippen LogP contribution in [0.5, 0.6) is 11.5 Å². The number of aromatic nitrogens is 1. The van der Waals surface area contributed by atoms with E-state index in [0.717, 1.165) is 17.0 Å². The number of pyridine rings is 1. The maximum absolute atomic E-state index is 14.4. The quantitative estimate of drug-likeness (QED) is 0.142. The van der Waals surface area contributed by atoms with Crippen LogP contribution in [-0.4, -0.2) is 85.6 Å². The number of nitrogens with zero attached hydrogens (tertiary/aromatic N) is 4. The van der Waals surface area contributed by atoms with E-state index in [-0.39, 0.29) is 53.0 Å². The molecule has 3 amide bonds. The Kier molecular flexibility index (Phi) is 11.1. The second-order valence-electron chi connectivity index (χ2n) is 13.9. The maximum atomic E-state index is 14.4. The Balaban J connectivity index is 1.31. The van der Waals surface area contributed by atoms with Gasteiger partial charge in [0.15, 0.2) is 17.1 Å². The summed E-state index contributed by atoms with van der Waals surface area (Å²) in [5.74, 6) is -4.60. The number of ketones is 1. The lowest BCUT2D eigenvalue weighted by atomic mass is 9.84. The summed E-state index contributed by atoms with van der Waals surface area (Å²) in [5.41, 5.74) is -1.89. The maximum Gasteiger partial charge on any atom is 0.524 e. The Hall–Kier alpha value is -5.65. The van der Waals surface area contributed by atoms with Crippen LogP contribution in [0.15, 0.2) is 52.5 Å². The van der Waals surface area contributed by atoms with E-state index in [2.05, 4.69) is 10.5 Å². The number of hydrogen-bond donors (Lipinski definition) is 3. The predicted octanol–water partition coefficient (Wildman–Crippen LogP) is 4.05. The SMILES string of the molecule is CC(=O)c1ccc(OP(=O)(O)O)c(CN(C)C(=O)OCOc2c3n(cc(C(=O)NCc4ccc(F)cc4F)c2=O)[C@@H]2CN(C3=O)[C@@H](C)CC[C@]23CC(C)=NO3)c1. The van der Waals surface area contributed by atoms with Crippen molar-refractivity contribution in [2.24, 2.45) is 5.16 Å². The first-order valence-corrected chi connectivity index (χ1v) is 18.8. The molecule has 2 aromatic carbocycles. The Morgan fingerprint density at radius 1 is 1.14 bits per heavy atom. The third-order valence-corrected chi connectivity index (χ3v) is 10.3. The van der Waals surface area contributed by atoms with Gasteiger partial charge in [-0.1, -0.05) is 11.2 Å². The van der Waals surface area contributed by atoms with Gasteiger partial charge in [0.2, 0.25) is 18.0 Å². The number of rotatable bonds is 11. The van der Waals surface area contributed by atoms with Gasteiger partial charge in [-0.2, -0.15) is 0 Å². The standard InChI is InChI=1S/C36H38F2N5O12P/c1-19-13-36(55-40-19)10-9-20(2)42-17-29(36)43-16-26(33(46)39-14-23-5-7-25(37)12-27(23)38)31(45)32(30(43)34(42)47)52-18-53-35(48)41(4)15-24-11-22(21(3)44)6-8-28(24)54-56(49,50)51/h5-8,11-12,16,20,29H,9-10,13-15,17-18H2,1-4H3,(H,39,46)(H2,49,50,51)/t20-,29+,36-/m0/s1. The molecule has 298 valence electrons. The van der Waals surface area contributed by atoms with Crippen molar-refractivity contribution in [1.29, 1.82) is 0 Å². The largest absolute Gasteiger partial charge is 0.524 e. The monoisotopic (exact) mass is 801 g/mol. The number of fused-ring (bicyclic) bond motifs is 5. The summed E-state index contributed by atoms with van der Waals surface area (Å²) in [6.07, 6.45) is 1.53. The van der Waals surface area contributed by atoms with Crippen molar-refractivity contribution in [3.8, 4) is 11.5 Å². The molecule has 0 unspecified atom stereocenters. The number of Topliss-reactive ketones (excluding diaryl/α,β-unsaturated/α-hetero) is 1. The molecule has 0 radical (unpaired) electrons. The van der Waals surface area contributed by atoms with Crippen LogP contribution in [0.3, 0.4) is 0 Å². The van der Waals surface area contributed by atoms with Gasteiger partial charge in [-0.05, 0) is 57.9 Å². The van der Waals surface area contributed by atoms with Crippen LogP contribution >= 0.6 is 7.82 Å². The van der Waals surface area contributed by atoms with Gasteiger partial charge >= 0.3 is 13.9 Å². The molecular formula is C36H38F2N5O12P. The molecule has 3 aliphatic heterocycles. The fourth-order valence-electron chi connectivity index (χ4n) is 7.05. The van der Waals surface area contributed by atoms with E-state index in [0.29, 0.717) is 31.0 Å². The molecule has 1 aromatic heterocycles. The number of hydrogen-bond acceptors (Lipinski definition) is 11. The summed E-state index contributed by atoms with van der Waals surface area (Å²) >= 11 is 0. The minimum absolute atomic E-state index is 0.0478. The van der Waals surface area contributed by atoms with E-state index in [4.69, 9.17) is 18.8 Å². The molecule has 1 spiro atoms. The van der Waals surface area contributed by atoms with E-state index in [1.54, 1.807) is 11.8 Å². The number of nitrogens with one attached hydrogen (secondary N) is 1. The highest BCUT2D eigenvalue weighted by atomic mass is 31.2. The molecule has 3 aromatic rings. The fourth-order valence-corrected chi connectivity index (χ4v) is 7.48. The van der Waals surface area contributed by atoms with Gasteiger partial charge in [-0.15, -0.1) is 0 Å². The van der Waals surface area contributed by atoms with E-state index in [1.807, 2.05) is 6.92 Å². The van der Waals surface area contributed by atoms with Gasteiger partial charge in [-0.3, -0.25) is 29.0 Å². The van der Waals surface area contributed by atoms with Crippen LogP contribution in [0.4, 0.5) is 13.6 Å². The third-order valence-electron chi connectivity index (χ3n) is 9.91. The van der Waals surface area contributed by atoms with Crippen molar-refractivity contribution in [3.05, 3.63) is 92.4 Å². The first-order chi connectivity index (χ1) is 26.4. The number of ether oxygens (including phenoxy) is 2. The van der Waals surface area contributed by atoms with Gasteiger partial charge < -0.3 is 38.5 Å². The lowest BCUT2D eigenvalue weighted by Crippen LogP contribution is -2.52. The number of phosphoric acid groups is 1. The average molecular weight is 802 g/mol. The fraction of sp³-hybridized carbons (Fsp3) is 0.389. The lowest BCUT2D eigenvalue weighted by Gasteiger charge is -2.42. The first-order valence-electron chi connectivity index (χ1n) is 17.3. The predicted molar refractivity (Wildman–Crippen MR) is 191 cm³/mol. The van der Waals surface area contributed by atoms with Crippen molar-refractivity contribution in [1.82, 2.24) is 19.7 Å². The Morgan fingerprint density at radius 3 is 2.55 bits per heavy atom. The highest BCUT2D eigenvalue weighted by Gasteiger charge is 2.54. The zero-order valence-electron chi connectivity index (χ0n) is 30.6. The van der Waals surface area contributed by atoms with Crippen molar-refractivity contribution in [3.63, 3.8) is 0 Å². The van der Waals surface area contributed by atoms with Crippen molar-refractivity contribution in [2.45, 2.75) is 70.8 Å². The number of phosphoric ester groups is 1. The average Bonchev–Trinajstić information content (AvgIpc) is 3.46. The summed E-state index contributed by atoms with van der Waals surface area (Å²) in [5, 5.41) is 6.64. The Bertz CT molecular complexity index is 2260. The van der Waals surface area contributed by atoms with Crippen LogP contribution in [0.2, 0.25) is 0 Å². The van der Waals surface area contributed by atoms with Gasteiger partial charge in [-0.25, -0.2) is 18.1 Å². The highest BCUT2D eigenvalue weighted by Crippen LogP contribution is 2.46. The van der Waals surface area contributed by atoms with Crippen LogP contribution in [-0.2, 0) is 27.2 Å². The zero-order valence-corrected chi connectivity index (χ0v) is 31.5. The molecule has 0 saturated carbocycles. The van der Waals surface area contributed by atoms with Gasteiger partial charge in [0, 0.05) is 61.6 Å². The molecule has 1 saturated heterocycles. The number of amides is 3. The van der Waals surface area contributed by atoms with Crippen molar-refractivity contribution in [2.75, 3.05) is 20.4 Å². The van der Waals surface area contributed by atoms with Crippen LogP contribution in [0.1, 0.15) is 88.4 Å². The highest BCUT2D eigenvalue weighted by molar-refractivity contribution is 7.46. The molecule has 6 rings (SSSR count). The second-order valence-corrected chi connectivity index (χ2v) is 15.0. The molecule has 3 aliphatic rings. The molecule has 3 atom stereocenters. The number of carbonyl (C=O) groups is 4. The Morgan fingerprint density at radius 2 is 1.89 bits per heavy atom. The first kappa shape index (κ1) is 40.0. The van der Waals surface area contributed by atoms with Crippen LogP contribution < -0.4 is 20.0 Å². The number of carbonyl (C=O) groups excluding carboxylic acids is 4. The van der Waals surface area contributed by atoms with E-state index in [1.165, 1.54) is 42.9 Å². The number of oxime groups is 1. The smallest absolute Gasteiger partial charge is 0.451 e. The van der Waals surface area contributed by atoms with Crippen molar-refractivity contribution >= 4 is 37.2 Å². The Labute approximate surface area is 318 Å². The molecule has 20 heteroatoms. The molecule has 0 aliphatic carbocycles. The zero-order chi connectivity index (χ0) is 40.7. The third kappa shape index (κ3) is 8.15. The van der Waals surface area contributed by atoms with Gasteiger partial charge in [0.25, 0.3) is 11.8 Å².